The van der Waals surface area contributed by atoms with E-state index < -0.39 is 22.8 Å². The number of rotatable bonds is 8. The van der Waals surface area contributed by atoms with Gasteiger partial charge in [0, 0.05) is 4.75 Å². The standard InChI is InChI=1S/C18H24N2O5S/c1-4-11(25-12-8-6-5-7-9-12)10-24-19-13-15(21)20-14(17(22)23)18(2,3)26-16(13)20/h5-9,11,13-14,16,19H,4,10H2,1-3H3,(H,22,23). The van der Waals surface area contributed by atoms with Crippen LogP contribution in [-0.4, -0.2) is 56.8 Å². The number of para-hydroxylation sites is 1. The molecule has 0 radical (unpaired) electrons. The molecule has 1 amide bonds. The molecule has 0 aromatic heterocycles. The molecule has 142 valence electrons. The SMILES string of the molecule is CCC(CONC1C(=O)N2C1SC(C)(C)C2C(=O)O)Oc1ccccc1. The fourth-order valence-corrected chi connectivity index (χ4v) is 4.89. The molecular weight excluding hydrogens is 356 g/mol. The maximum Gasteiger partial charge on any atom is 0.327 e. The number of nitrogens with zero attached hydrogens (tertiary/aromatic N) is 1. The van der Waals surface area contributed by atoms with E-state index in [-0.39, 0.29) is 24.0 Å². The van der Waals surface area contributed by atoms with Gasteiger partial charge in [-0.25, -0.2) is 4.79 Å². The molecule has 0 aliphatic carbocycles. The molecule has 2 N–H and O–H groups in total. The van der Waals surface area contributed by atoms with Gasteiger partial charge in [-0.15, -0.1) is 11.8 Å². The largest absolute Gasteiger partial charge is 0.488 e. The number of carbonyl (C=O) groups excluding carboxylic acids is 1. The van der Waals surface area contributed by atoms with Crippen molar-refractivity contribution in [2.24, 2.45) is 0 Å². The van der Waals surface area contributed by atoms with Crippen LogP contribution in [0.5, 0.6) is 5.75 Å². The molecule has 4 atom stereocenters. The summed E-state index contributed by atoms with van der Waals surface area (Å²) >= 11 is 1.48. The van der Waals surface area contributed by atoms with Crippen LogP contribution >= 0.6 is 11.8 Å². The van der Waals surface area contributed by atoms with Gasteiger partial charge in [0.1, 0.15) is 35.9 Å². The Morgan fingerprint density at radius 1 is 1.38 bits per heavy atom. The third-order valence-electron chi connectivity index (χ3n) is 4.66. The molecule has 2 aliphatic rings. The van der Waals surface area contributed by atoms with Crippen molar-refractivity contribution in [1.29, 1.82) is 0 Å². The van der Waals surface area contributed by atoms with Crippen LogP contribution < -0.4 is 10.2 Å². The first-order valence-corrected chi connectivity index (χ1v) is 9.55. The number of carbonyl (C=O) groups is 2. The van der Waals surface area contributed by atoms with Crippen LogP contribution in [0, 0.1) is 0 Å². The van der Waals surface area contributed by atoms with Crippen LogP contribution in [0.2, 0.25) is 0 Å². The average molecular weight is 380 g/mol. The van der Waals surface area contributed by atoms with Crippen molar-refractivity contribution in [3.05, 3.63) is 30.3 Å². The number of nitrogens with one attached hydrogen (secondary N) is 1. The lowest BCUT2D eigenvalue weighted by molar-refractivity contribution is -0.166. The molecule has 7 nitrogen and oxygen atoms in total. The van der Waals surface area contributed by atoms with Crippen molar-refractivity contribution < 1.29 is 24.3 Å². The number of aliphatic carboxylic acids is 1. The summed E-state index contributed by atoms with van der Waals surface area (Å²) in [5, 5.41) is 9.19. The molecule has 26 heavy (non-hydrogen) atoms. The zero-order valence-electron chi connectivity index (χ0n) is 15.0. The minimum atomic E-state index is -0.972. The number of β-lactam (4-membered cyclic amide) rings is 1. The molecule has 8 heteroatoms. The molecule has 0 spiro atoms. The maximum atomic E-state index is 12.4. The van der Waals surface area contributed by atoms with Crippen LogP contribution in [0.4, 0.5) is 0 Å². The van der Waals surface area contributed by atoms with Gasteiger partial charge in [-0.1, -0.05) is 25.1 Å². The summed E-state index contributed by atoms with van der Waals surface area (Å²) in [6.45, 7) is 5.99. The van der Waals surface area contributed by atoms with Gasteiger partial charge in [-0.3, -0.25) is 9.63 Å². The number of carboxylic acids is 1. The Bertz CT molecular complexity index is 669. The molecular formula is C18H24N2O5S. The van der Waals surface area contributed by atoms with E-state index in [1.807, 2.05) is 51.1 Å². The van der Waals surface area contributed by atoms with Crippen molar-refractivity contribution in [3.63, 3.8) is 0 Å². The lowest BCUT2D eigenvalue weighted by Crippen LogP contribution is -2.70. The fraction of sp³-hybridized carbons (Fsp3) is 0.556. The van der Waals surface area contributed by atoms with E-state index in [0.29, 0.717) is 0 Å². The molecule has 2 aliphatic heterocycles. The Kier molecular flexibility index (Phi) is 5.45. The van der Waals surface area contributed by atoms with Crippen molar-refractivity contribution in [1.82, 2.24) is 10.4 Å². The molecule has 3 rings (SSSR count). The second-order valence-electron chi connectivity index (χ2n) is 6.97. The first kappa shape index (κ1) is 19.0. The van der Waals surface area contributed by atoms with Gasteiger partial charge in [0.25, 0.3) is 0 Å². The van der Waals surface area contributed by atoms with Gasteiger partial charge in [0.15, 0.2) is 0 Å². The average Bonchev–Trinajstić information content (AvgIpc) is 2.86. The smallest absolute Gasteiger partial charge is 0.327 e. The van der Waals surface area contributed by atoms with Crippen molar-refractivity contribution in [3.8, 4) is 5.75 Å². The number of ether oxygens (including phenoxy) is 1. The van der Waals surface area contributed by atoms with E-state index in [1.165, 1.54) is 16.7 Å². The predicted molar refractivity (Wildman–Crippen MR) is 97.8 cm³/mol. The Hall–Kier alpha value is -1.77. The van der Waals surface area contributed by atoms with Crippen LogP contribution in [0.3, 0.4) is 0 Å². The van der Waals surface area contributed by atoms with E-state index in [9.17, 15) is 14.7 Å². The van der Waals surface area contributed by atoms with Gasteiger partial charge in [0.2, 0.25) is 5.91 Å². The second kappa shape index (κ2) is 7.46. The minimum absolute atomic E-state index is 0.143. The highest BCUT2D eigenvalue weighted by Gasteiger charge is 2.64. The normalized spacial score (nSPS) is 27.6. The Balaban J connectivity index is 1.51. The van der Waals surface area contributed by atoms with Crippen molar-refractivity contribution in [2.45, 2.75) is 55.5 Å². The molecule has 4 unspecified atom stereocenters. The number of carboxylic acid groups (broad SMARTS) is 1. The number of thioether (sulfide) groups is 1. The highest BCUT2D eigenvalue weighted by Crippen LogP contribution is 2.50. The van der Waals surface area contributed by atoms with Gasteiger partial charge in [-0.05, 0) is 32.4 Å². The molecule has 2 heterocycles. The predicted octanol–water partition coefficient (Wildman–Crippen LogP) is 1.88. The number of benzene rings is 1. The zero-order chi connectivity index (χ0) is 18.9. The number of hydroxylamine groups is 1. The second-order valence-corrected chi connectivity index (χ2v) is 8.74. The lowest BCUT2D eigenvalue weighted by atomic mass is 9.96. The summed E-state index contributed by atoms with van der Waals surface area (Å²) in [6, 6.07) is 8.15. The first-order chi connectivity index (χ1) is 12.3. The first-order valence-electron chi connectivity index (χ1n) is 8.67. The van der Waals surface area contributed by atoms with Gasteiger partial charge in [0.05, 0.1) is 0 Å². The molecule has 1 aromatic rings. The van der Waals surface area contributed by atoms with Gasteiger partial charge >= 0.3 is 5.97 Å². The Morgan fingerprint density at radius 3 is 2.69 bits per heavy atom. The zero-order valence-corrected chi connectivity index (χ0v) is 15.9. The summed E-state index contributed by atoms with van der Waals surface area (Å²) in [5.41, 5.74) is 2.80. The summed E-state index contributed by atoms with van der Waals surface area (Å²) in [6.07, 6.45) is 0.615. The van der Waals surface area contributed by atoms with Gasteiger partial charge in [-0.2, -0.15) is 5.48 Å². The van der Waals surface area contributed by atoms with Gasteiger partial charge < -0.3 is 14.7 Å². The van der Waals surface area contributed by atoms with Crippen LogP contribution in [-0.2, 0) is 14.4 Å². The van der Waals surface area contributed by atoms with E-state index >= 15 is 0 Å². The summed E-state index contributed by atoms with van der Waals surface area (Å²) < 4.78 is 5.31. The number of amides is 1. The quantitative estimate of drug-likeness (QED) is 0.526. The monoisotopic (exact) mass is 380 g/mol. The van der Waals surface area contributed by atoms with Crippen LogP contribution in [0.15, 0.2) is 30.3 Å². The van der Waals surface area contributed by atoms with Crippen molar-refractivity contribution in [2.75, 3.05) is 6.61 Å². The number of fused-ring (bicyclic) bond motifs is 1. The Labute approximate surface area is 157 Å². The highest BCUT2D eigenvalue weighted by molar-refractivity contribution is 8.01. The third kappa shape index (κ3) is 3.54. The molecule has 0 bridgehead atoms. The van der Waals surface area contributed by atoms with E-state index in [1.54, 1.807) is 0 Å². The Morgan fingerprint density at radius 2 is 2.08 bits per heavy atom. The summed E-state index contributed by atoms with van der Waals surface area (Å²) in [5.74, 6) is -0.441. The summed E-state index contributed by atoms with van der Waals surface area (Å²) in [4.78, 5) is 30.8. The highest BCUT2D eigenvalue weighted by atomic mass is 32.2. The fourth-order valence-electron chi connectivity index (χ4n) is 3.28. The molecule has 1 aromatic carbocycles. The van der Waals surface area contributed by atoms with E-state index in [4.69, 9.17) is 9.57 Å². The van der Waals surface area contributed by atoms with E-state index in [0.717, 1.165) is 12.2 Å². The van der Waals surface area contributed by atoms with Crippen LogP contribution in [0.25, 0.3) is 0 Å². The minimum Gasteiger partial charge on any atom is -0.488 e. The topological polar surface area (TPSA) is 88.1 Å². The van der Waals surface area contributed by atoms with Crippen molar-refractivity contribution >= 4 is 23.6 Å². The molecule has 0 saturated carbocycles. The third-order valence-corrected chi connectivity index (χ3v) is 6.23. The number of hydrogen-bond acceptors (Lipinski definition) is 6. The summed E-state index contributed by atoms with van der Waals surface area (Å²) in [7, 11) is 0. The molecule has 2 fully saturated rings. The van der Waals surface area contributed by atoms with Crippen LogP contribution in [0.1, 0.15) is 27.2 Å². The lowest BCUT2D eigenvalue weighted by Gasteiger charge is -2.43. The number of hydrogen-bond donors (Lipinski definition) is 2. The van der Waals surface area contributed by atoms with E-state index in [2.05, 4.69) is 5.48 Å². The molecule has 2 saturated heterocycles. The maximum absolute atomic E-state index is 12.4.